The average molecular weight is 353 g/mol. The lowest BCUT2D eigenvalue weighted by Gasteiger charge is -2.07. The minimum Gasteiger partial charge on any atom is -0.491 e. The van der Waals surface area contributed by atoms with Crippen LogP contribution in [0.25, 0.3) is 10.6 Å². The molecule has 0 saturated heterocycles. The summed E-state index contributed by atoms with van der Waals surface area (Å²) in [5.41, 5.74) is -0.286. The highest BCUT2D eigenvalue weighted by molar-refractivity contribution is 7.85. The van der Waals surface area contributed by atoms with E-state index in [0.717, 1.165) is 24.7 Å². The summed E-state index contributed by atoms with van der Waals surface area (Å²) in [5.74, 6) is -4.65. The van der Waals surface area contributed by atoms with E-state index < -0.39 is 33.3 Å². The number of hydrogen-bond donors (Lipinski definition) is 0. The van der Waals surface area contributed by atoms with Crippen molar-refractivity contribution in [2.75, 3.05) is 13.4 Å². The van der Waals surface area contributed by atoms with Gasteiger partial charge in [-0.3, -0.25) is 4.18 Å². The fourth-order valence-corrected chi connectivity index (χ4v) is 2.83. The Morgan fingerprint density at radius 1 is 1.27 bits per heavy atom. The smallest absolute Gasteiger partial charge is 0.264 e. The zero-order valence-electron chi connectivity index (χ0n) is 11.4. The second-order valence-electron chi connectivity index (χ2n) is 4.17. The van der Waals surface area contributed by atoms with Crippen molar-refractivity contribution in [1.29, 1.82) is 0 Å². The summed E-state index contributed by atoms with van der Waals surface area (Å²) in [6, 6.07) is 0.660. The third-order valence-corrected chi connectivity index (χ3v) is 4.07. The lowest BCUT2D eigenvalue weighted by atomic mass is 10.2. The number of aromatic nitrogens is 1. The third-order valence-electron chi connectivity index (χ3n) is 2.52. The van der Waals surface area contributed by atoms with E-state index >= 15 is 0 Å². The van der Waals surface area contributed by atoms with Crippen molar-refractivity contribution in [2.24, 2.45) is 0 Å². The predicted octanol–water partition coefficient (Wildman–Crippen LogP) is 2.71. The van der Waals surface area contributed by atoms with Crippen molar-refractivity contribution in [2.45, 2.75) is 6.61 Å². The third kappa shape index (κ3) is 3.57. The number of rotatable bonds is 5. The zero-order chi connectivity index (χ0) is 16.5. The first-order valence-electron chi connectivity index (χ1n) is 5.74. The first kappa shape index (κ1) is 16.7. The van der Waals surface area contributed by atoms with Crippen molar-refractivity contribution >= 4 is 21.5 Å². The number of ether oxygens (including phenoxy) is 1. The van der Waals surface area contributed by atoms with Crippen LogP contribution in [-0.2, 0) is 20.9 Å². The van der Waals surface area contributed by atoms with Gasteiger partial charge < -0.3 is 4.74 Å². The van der Waals surface area contributed by atoms with E-state index in [-0.39, 0.29) is 17.2 Å². The highest BCUT2D eigenvalue weighted by Crippen LogP contribution is 2.35. The molecule has 2 aromatic rings. The number of halogens is 3. The van der Waals surface area contributed by atoms with Crippen LogP contribution in [0, 0.1) is 17.5 Å². The molecule has 0 unspecified atom stereocenters. The number of hydrogen-bond acceptors (Lipinski definition) is 6. The van der Waals surface area contributed by atoms with E-state index in [2.05, 4.69) is 13.9 Å². The van der Waals surface area contributed by atoms with E-state index in [4.69, 9.17) is 0 Å². The molecular weight excluding hydrogens is 343 g/mol. The molecule has 1 aromatic carbocycles. The van der Waals surface area contributed by atoms with Gasteiger partial charge in [0.2, 0.25) is 5.82 Å². The maximum absolute atomic E-state index is 14.1. The molecule has 22 heavy (non-hydrogen) atoms. The van der Waals surface area contributed by atoms with Gasteiger partial charge in [0.05, 0.1) is 23.8 Å². The summed E-state index contributed by atoms with van der Waals surface area (Å²) in [5, 5.41) is 0.0433. The van der Waals surface area contributed by atoms with Crippen LogP contribution in [0.3, 0.4) is 0 Å². The Morgan fingerprint density at radius 2 is 1.95 bits per heavy atom. The topological polar surface area (TPSA) is 65.5 Å². The molecule has 1 heterocycles. The van der Waals surface area contributed by atoms with Crippen LogP contribution in [0.2, 0.25) is 0 Å². The molecule has 0 bridgehead atoms. The molecule has 120 valence electrons. The molecule has 1 aromatic heterocycles. The lowest BCUT2D eigenvalue weighted by Crippen LogP contribution is -2.01. The van der Waals surface area contributed by atoms with E-state index in [1.807, 2.05) is 0 Å². The van der Waals surface area contributed by atoms with E-state index in [9.17, 15) is 21.6 Å². The van der Waals surface area contributed by atoms with Crippen LogP contribution < -0.4 is 4.74 Å². The zero-order valence-corrected chi connectivity index (χ0v) is 13.0. The van der Waals surface area contributed by atoms with E-state index in [0.29, 0.717) is 10.9 Å². The van der Waals surface area contributed by atoms with Crippen LogP contribution in [-0.4, -0.2) is 26.8 Å². The van der Waals surface area contributed by atoms with Crippen molar-refractivity contribution in [1.82, 2.24) is 4.98 Å². The summed E-state index contributed by atoms with van der Waals surface area (Å²) in [4.78, 5) is 4.23. The van der Waals surface area contributed by atoms with Gasteiger partial charge in [-0.1, -0.05) is 0 Å². The van der Waals surface area contributed by atoms with Crippen LogP contribution in [0.5, 0.6) is 5.75 Å². The fraction of sp³-hybridized carbons (Fsp3) is 0.250. The summed E-state index contributed by atoms with van der Waals surface area (Å²) in [6.07, 6.45) is 2.15. The molecule has 0 spiro atoms. The standard InChI is InChI=1S/C12H10F3NO4S2/c1-19-11-9(14)7(3-8(13)10(11)15)12-16-4-6(21-12)5-20-22(2,17)18/h3-4H,5H2,1-2H3. The van der Waals surface area contributed by atoms with E-state index in [1.54, 1.807) is 0 Å². The molecule has 2 rings (SSSR count). The fourth-order valence-electron chi connectivity index (χ4n) is 1.58. The summed E-state index contributed by atoms with van der Waals surface area (Å²) in [6.45, 7) is -0.279. The van der Waals surface area contributed by atoms with Crippen molar-refractivity contribution in [3.8, 4) is 16.3 Å². The molecule has 0 aliphatic heterocycles. The molecule has 0 aliphatic rings. The molecule has 0 saturated carbocycles. The second kappa shape index (κ2) is 6.23. The molecule has 0 atom stereocenters. The molecule has 5 nitrogen and oxygen atoms in total. The van der Waals surface area contributed by atoms with Gasteiger partial charge in [0.15, 0.2) is 17.4 Å². The maximum Gasteiger partial charge on any atom is 0.264 e. The largest absolute Gasteiger partial charge is 0.491 e. The normalized spacial score (nSPS) is 11.7. The number of benzene rings is 1. The van der Waals surface area contributed by atoms with Gasteiger partial charge in [-0.15, -0.1) is 11.3 Å². The molecule has 0 aliphatic carbocycles. The SMILES string of the molecule is COc1c(F)c(F)cc(-c2ncc(COS(C)(=O)=O)s2)c1F. The van der Waals surface area contributed by atoms with Crippen molar-refractivity contribution in [3.63, 3.8) is 0 Å². The summed E-state index contributed by atoms with van der Waals surface area (Å²) in [7, 11) is -2.62. The van der Waals surface area contributed by atoms with Crippen LogP contribution in [0.15, 0.2) is 12.3 Å². The van der Waals surface area contributed by atoms with Gasteiger partial charge in [-0.2, -0.15) is 12.8 Å². The van der Waals surface area contributed by atoms with Crippen LogP contribution in [0.1, 0.15) is 4.88 Å². The number of thiazole rings is 1. The Kier molecular flexibility index (Phi) is 4.73. The quantitative estimate of drug-likeness (QED) is 0.611. The predicted molar refractivity (Wildman–Crippen MR) is 73.6 cm³/mol. The highest BCUT2D eigenvalue weighted by Gasteiger charge is 2.22. The van der Waals surface area contributed by atoms with Crippen LogP contribution in [0.4, 0.5) is 13.2 Å². The van der Waals surface area contributed by atoms with Gasteiger partial charge in [0.1, 0.15) is 11.6 Å². The van der Waals surface area contributed by atoms with Gasteiger partial charge >= 0.3 is 0 Å². The second-order valence-corrected chi connectivity index (χ2v) is 6.92. The van der Waals surface area contributed by atoms with Gasteiger partial charge in [-0.05, 0) is 6.07 Å². The molecule has 0 fully saturated rings. The highest BCUT2D eigenvalue weighted by atomic mass is 32.2. The van der Waals surface area contributed by atoms with Gasteiger partial charge in [-0.25, -0.2) is 13.8 Å². The Labute approximate surface area is 128 Å². The van der Waals surface area contributed by atoms with Gasteiger partial charge in [0.25, 0.3) is 10.1 Å². The van der Waals surface area contributed by atoms with Gasteiger partial charge in [0, 0.05) is 6.20 Å². The Hall–Kier alpha value is -1.65. The molecule has 0 radical (unpaired) electrons. The van der Waals surface area contributed by atoms with E-state index in [1.165, 1.54) is 6.20 Å². The van der Waals surface area contributed by atoms with Crippen molar-refractivity contribution in [3.05, 3.63) is 34.6 Å². The molecule has 0 amide bonds. The van der Waals surface area contributed by atoms with Crippen LogP contribution >= 0.6 is 11.3 Å². The molecular formula is C12H10F3NO4S2. The Bertz CT molecular complexity index is 805. The number of nitrogens with zero attached hydrogens (tertiary/aromatic N) is 1. The minimum atomic E-state index is -3.63. The Morgan fingerprint density at radius 3 is 2.55 bits per heavy atom. The van der Waals surface area contributed by atoms with Crippen molar-refractivity contribution < 1.29 is 30.5 Å². The first-order chi connectivity index (χ1) is 10.2. The molecule has 0 N–H and O–H groups in total. The number of methoxy groups -OCH3 is 1. The Balaban J connectivity index is 2.37. The average Bonchev–Trinajstić information content (AvgIpc) is 2.89. The molecule has 10 heteroatoms. The summed E-state index contributed by atoms with van der Waals surface area (Å²) < 4.78 is 71.8. The maximum atomic E-state index is 14.1. The lowest BCUT2D eigenvalue weighted by molar-refractivity contribution is 0.315. The monoisotopic (exact) mass is 353 g/mol. The first-order valence-corrected chi connectivity index (χ1v) is 8.37. The minimum absolute atomic E-state index is 0.0433. The summed E-state index contributed by atoms with van der Waals surface area (Å²) >= 11 is 0.889.